The van der Waals surface area contributed by atoms with E-state index in [4.69, 9.17) is 5.73 Å². The average Bonchev–Trinajstić information content (AvgIpc) is 2.72. The molecule has 0 atom stereocenters. The third kappa shape index (κ3) is 2.94. The molecule has 0 aliphatic carbocycles. The van der Waals surface area contributed by atoms with E-state index in [2.05, 4.69) is 10.2 Å². The van der Waals surface area contributed by atoms with Crippen molar-refractivity contribution in [1.29, 1.82) is 0 Å². The Morgan fingerprint density at radius 3 is 2.59 bits per heavy atom. The third-order valence-electron chi connectivity index (χ3n) is 2.05. The fourth-order valence-corrected chi connectivity index (χ4v) is 1.95. The van der Waals surface area contributed by atoms with Crippen molar-refractivity contribution in [3.63, 3.8) is 0 Å². The largest absolute Gasteiger partial charge is 0.446 e. The van der Waals surface area contributed by atoms with Crippen molar-refractivity contribution in [2.75, 3.05) is 5.73 Å². The molecule has 2 aromatic rings. The van der Waals surface area contributed by atoms with E-state index in [0.717, 1.165) is 0 Å². The number of H-pyrrole nitrogens is 1. The number of nitrogens with one attached hydrogen (secondary N) is 1. The van der Waals surface area contributed by atoms with Gasteiger partial charge in [0.25, 0.3) is 0 Å². The van der Waals surface area contributed by atoms with Gasteiger partial charge in [0.2, 0.25) is 0 Å². The van der Waals surface area contributed by atoms with Gasteiger partial charge in [-0.15, -0.1) is 0 Å². The lowest BCUT2D eigenvalue weighted by molar-refractivity contribution is -0.0328. The monoisotopic (exact) mass is 259 g/mol. The van der Waals surface area contributed by atoms with Crippen LogP contribution in [0.4, 0.5) is 18.9 Å². The summed E-state index contributed by atoms with van der Waals surface area (Å²) in [6.07, 6.45) is 1.51. The highest BCUT2D eigenvalue weighted by Crippen LogP contribution is 2.39. The fourth-order valence-electron chi connectivity index (χ4n) is 1.37. The molecule has 17 heavy (non-hydrogen) atoms. The molecule has 0 aliphatic rings. The van der Waals surface area contributed by atoms with Gasteiger partial charge in [0, 0.05) is 22.3 Å². The maximum atomic E-state index is 12.2. The second-order valence-corrected chi connectivity index (χ2v) is 4.41. The molecule has 0 fully saturated rings. The van der Waals surface area contributed by atoms with Gasteiger partial charge in [0.1, 0.15) is 0 Å². The number of alkyl halides is 3. The highest BCUT2D eigenvalue weighted by molar-refractivity contribution is 8.00. The highest BCUT2D eigenvalue weighted by atomic mass is 32.2. The maximum Gasteiger partial charge on any atom is 0.446 e. The molecule has 3 nitrogen and oxygen atoms in total. The Kier molecular flexibility index (Phi) is 3.01. The van der Waals surface area contributed by atoms with Gasteiger partial charge in [0.05, 0.1) is 5.69 Å². The number of anilines is 1. The quantitative estimate of drug-likeness (QED) is 0.643. The van der Waals surface area contributed by atoms with Crippen molar-refractivity contribution in [3.05, 3.63) is 30.5 Å². The van der Waals surface area contributed by atoms with Crippen molar-refractivity contribution in [2.45, 2.75) is 10.4 Å². The molecule has 2 rings (SSSR count). The Balaban J connectivity index is 2.37. The molecule has 7 heteroatoms. The fraction of sp³-hybridized carbons (Fsp3) is 0.100. The molecular formula is C10H8F3N3S. The van der Waals surface area contributed by atoms with E-state index in [1.807, 2.05) is 0 Å². The van der Waals surface area contributed by atoms with Crippen molar-refractivity contribution in [3.8, 4) is 11.3 Å². The van der Waals surface area contributed by atoms with Crippen LogP contribution in [-0.4, -0.2) is 15.7 Å². The van der Waals surface area contributed by atoms with E-state index in [0.29, 0.717) is 16.9 Å². The van der Waals surface area contributed by atoms with Crippen LogP contribution in [-0.2, 0) is 0 Å². The SMILES string of the molecule is Nc1ccc(SC(F)(F)F)cc1-c1ccn[nH]1. The standard InChI is InChI=1S/C10H8F3N3S/c11-10(12,13)17-6-1-2-8(14)7(5-6)9-3-4-15-16-9/h1-5H,14H2,(H,15,16). The van der Waals surface area contributed by atoms with Crippen LogP contribution in [0, 0.1) is 0 Å². The van der Waals surface area contributed by atoms with Crippen LogP contribution in [0.2, 0.25) is 0 Å². The predicted molar refractivity (Wildman–Crippen MR) is 60.3 cm³/mol. The Labute approximate surface area is 99.2 Å². The summed E-state index contributed by atoms with van der Waals surface area (Å²) in [5, 5.41) is 6.40. The van der Waals surface area contributed by atoms with Gasteiger partial charge in [-0.2, -0.15) is 18.3 Å². The van der Waals surface area contributed by atoms with Gasteiger partial charge in [-0.05, 0) is 36.0 Å². The zero-order valence-electron chi connectivity index (χ0n) is 8.45. The Morgan fingerprint density at radius 1 is 1.24 bits per heavy atom. The van der Waals surface area contributed by atoms with Crippen LogP contribution in [0.25, 0.3) is 11.3 Å². The van der Waals surface area contributed by atoms with Crippen LogP contribution in [0.3, 0.4) is 0 Å². The van der Waals surface area contributed by atoms with Crippen molar-refractivity contribution in [2.24, 2.45) is 0 Å². The molecule has 0 radical (unpaired) electrons. The van der Waals surface area contributed by atoms with E-state index in [9.17, 15) is 13.2 Å². The number of halogens is 3. The lowest BCUT2D eigenvalue weighted by Gasteiger charge is -2.08. The molecule has 0 saturated carbocycles. The minimum atomic E-state index is -4.30. The Morgan fingerprint density at radius 2 is 2.00 bits per heavy atom. The lowest BCUT2D eigenvalue weighted by Crippen LogP contribution is -1.99. The van der Waals surface area contributed by atoms with E-state index in [-0.39, 0.29) is 16.7 Å². The van der Waals surface area contributed by atoms with Crippen LogP contribution >= 0.6 is 11.8 Å². The minimum Gasteiger partial charge on any atom is -0.398 e. The Bertz CT molecular complexity index is 508. The lowest BCUT2D eigenvalue weighted by atomic mass is 10.1. The summed E-state index contributed by atoms with van der Waals surface area (Å²) in [4.78, 5) is 0.0938. The normalized spacial score (nSPS) is 11.7. The summed E-state index contributed by atoms with van der Waals surface area (Å²) in [6.45, 7) is 0. The molecule has 1 aromatic heterocycles. The number of thioether (sulfide) groups is 1. The first-order chi connectivity index (χ1) is 7.96. The number of hydrogen-bond donors (Lipinski definition) is 2. The zero-order chi connectivity index (χ0) is 12.5. The number of nitrogens with zero attached hydrogens (tertiary/aromatic N) is 1. The molecule has 0 saturated heterocycles. The summed E-state index contributed by atoms with van der Waals surface area (Å²) in [5.41, 5.74) is 2.91. The minimum absolute atomic E-state index is 0.0938. The van der Waals surface area contributed by atoms with Crippen LogP contribution < -0.4 is 5.73 Å². The molecule has 0 spiro atoms. The summed E-state index contributed by atoms with van der Waals surface area (Å²) in [7, 11) is 0. The van der Waals surface area contributed by atoms with E-state index in [1.165, 1.54) is 24.4 Å². The molecule has 1 heterocycles. The first-order valence-corrected chi connectivity index (χ1v) is 5.42. The number of aromatic nitrogens is 2. The first kappa shape index (κ1) is 11.8. The Hall–Kier alpha value is -1.63. The number of nitrogen functional groups attached to an aromatic ring is 1. The molecule has 0 amide bonds. The highest BCUT2D eigenvalue weighted by Gasteiger charge is 2.29. The molecule has 3 N–H and O–H groups in total. The van der Waals surface area contributed by atoms with Crippen LogP contribution in [0.5, 0.6) is 0 Å². The number of benzene rings is 1. The molecular weight excluding hydrogens is 251 g/mol. The summed E-state index contributed by atoms with van der Waals surface area (Å²) < 4.78 is 36.7. The summed E-state index contributed by atoms with van der Waals surface area (Å²) >= 11 is -0.169. The molecule has 1 aromatic carbocycles. The maximum absolute atomic E-state index is 12.2. The van der Waals surface area contributed by atoms with Crippen molar-refractivity contribution < 1.29 is 13.2 Å². The van der Waals surface area contributed by atoms with E-state index >= 15 is 0 Å². The number of aromatic amines is 1. The third-order valence-corrected chi connectivity index (χ3v) is 2.77. The number of nitrogens with two attached hydrogens (primary N) is 1. The van der Waals surface area contributed by atoms with Crippen LogP contribution in [0.15, 0.2) is 35.4 Å². The number of hydrogen-bond acceptors (Lipinski definition) is 3. The van der Waals surface area contributed by atoms with Gasteiger partial charge >= 0.3 is 5.51 Å². The van der Waals surface area contributed by atoms with Gasteiger partial charge in [-0.3, -0.25) is 5.10 Å². The summed E-state index contributed by atoms with van der Waals surface area (Å²) in [6, 6.07) is 5.83. The smallest absolute Gasteiger partial charge is 0.398 e. The van der Waals surface area contributed by atoms with Crippen molar-refractivity contribution >= 4 is 17.4 Å². The van der Waals surface area contributed by atoms with E-state index < -0.39 is 5.51 Å². The van der Waals surface area contributed by atoms with Gasteiger partial charge in [-0.25, -0.2) is 0 Å². The van der Waals surface area contributed by atoms with Crippen LogP contribution in [0.1, 0.15) is 0 Å². The van der Waals surface area contributed by atoms with Gasteiger partial charge in [-0.1, -0.05) is 0 Å². The second-order valence-electron chi connectivity index (χ2n) is 3.27. The topological polar surface area (TPSA) is 54.7 Å². The second kappa shape index (κ2) is 4.33. The molecule has 90 valence electrons. The molecule has 0 aliphatic heterocycles. The number of rotatable bonds is 2. The zero-order valence-corrected chi connectivity index (χ0v) is 9.27. The summed E-state index contributed by atoms with van der Waals surface area (Å²) in [5.74, 6) is 0. The molecule has 0 unspecified atom stereocenters. The van der Waals surface area contributed by atoms with E-state index in [1.54, 1.807) is 6.07 Å². The van der Waals surface area contributed by atoms with Crippen molar-refractivity contribution in [1.82, 2.24) is 10.2 Å². The van der Waals surface area contributed by atoms with Gasteiger partial charge < -0.3 is 5.73 Å². The molecule has 0 bridgehead atoms. The van der Waals surface area contributed by atoms with Gasteiger partial charge in [0.15, 0.2) is 0 Å². The predicted octanol–water partition coefficient (Wildman–Crippen LogP) is 3.27. The average molecular weight is 259 g/mol. The first-order valence-electron chi connectivity index (χ1n) is 4.61.